The summed E-state index contributed by atoms with van der Waals surface area (Å²) in [6.07, 6.45) is 2.81. The van der Waals surface area contributed by atoms with E-state index in [1.807, 2.05) is 6.07 Å². The van der Waals surface area contributed by atoms with Crippen LogP contribution in [-0.4, -0.2) is 4.98 Å². The maximum atomic E-state index is 12.6. The summed E-state index contributed by atoms with van der Waals surface area (Å²) in [6, 6.07) is 8.77. The molecule has 5 heteroatoms. The van der Waals surface area contributed by atoms with Gasteiger partial charge in [0.25, 0.3) is 0 Å². The number of hydrogen-bond acceptors (Lipinski definition) is 4. The molecule has 0 amide bonds. The fourth-order valence-electron chi connectivity index (χ4n) is 1.11. The largest absolute Gasteiger partial charge is 0.290 e. The van der Waals surface area contributed by atoms with E-state index < -0.39 is 0 Å². The van der Waals surface area contributed by atoms with Crippen LogP contribution in [0.1, 0.15) is 5.56 Å². The number of aromatic nitrogens is 1. The second kappa shape index (κ2) is 4.94. The Bertz CT molecular complexity index is 549. The molecule has 0 spiro atoms. The monoisotopic (exact) mass is 230 g/mol. The van der Waals surface area contributed by atoms with Gasteiger partial charge in [-0.05, 0) is 24.3 Å². The van der Waals surface area contributed by atoms with E-state index in [1.54, 1.807) is 0 Å². The van der Waals surface area contributed by atoms with Gasteiger partial charge in [-0.25, -0.2) is 4.39 Å². The number of nitriles is 1. The molecule has 0 bridgehead atoms. The van der Waals surface area contributed by atoms with Crippen molar-refractivity contribution < 1.29 is 14.2 Å². The van der Waals surface area contributed by atoms with Crippen LogP contribution in [-0.2, 0) is 0 Å². The first-order valence-electron chi connectivity index (χ1n) is 4.73. The third-order valence-corrected chi connectivity index (χ3v) is 1.89. The highest BCUT2D eigenvalue weighted by atomic mass is 19.1. The minimum Gasteiger partial charge on any atom is -0.290 e. The SMILES string of the molecule is N#Cc1cncc(OOc2ccc(F)cc2)c1. The number of halogens is 1. The Hall–Kier alpha value is -2.61. The van der Waals surface area contributed by atoms with Gasteiger partial charge in [-0.2, -0.15) is 5.26 Å². The van der Waals surface area contributed by atoms with Crippen molar-refractivity contribution in [1.82, 2.24) is 4.98 Å². The lowest BCUT2D eigenvalue weighted by atomic mass is 10.3. The zero-order valence-electron chi connectivity index (χ0n) is 8.63. The summed E-state index contributed by atoms with van der Waals surface area (Å²) in [4.78, 5) is 13.7. The summed E-state index contributed by atoms with van der Waals surface area (Å²) in [7, 11) is 0. The number of hydrogen-bond donors (Lipinski definition) is 0. The number of benzene rings is 1. The summed E-state index contributed by atoms with van der Waals surface area (Å²) in [5.74, 6) is 0.299. The maximum Gasteiger partial charge on any atom is 0.198 e. The number of pyridine rings is 1. The third kappa shape index (κ3) is 2.92. The fourth-order valence-corrected chi connectivity index (χ4v) is 1.11. The quantitative estimate of drug-likeness (QED) is 0.600. The molecular weight excluding hydrogens is 223 g/mol. The van der Waals surface area contributed by atoms with E-state index in [-0.39, 0.29) is 5.82 Å². The van der Waals surface area contributed by atoms with Crippen LogP contribution in [0.15, 0.2) is 42.7 Å². The van der Waals surface area contributed by atoms with Crippen LogP contribution in [0.25, 0.3) is 0 Å². The van der Waals surface area contributed by atoms with Crippen molar-refractivity contribution in [2.45, 2.75) is 0 Å². The highest BCUT2D eigenvalue weighted by molar-refractivity contribution is 5.32. The number of rotatable bonds is 3. The van der Waals surface area contributed by atoms with Gasteiger partial charge in [0.05, 0.1) is 11.8 Å². The molecule has 1 aromatic carbocycles. The van der Waals surface area contributed by atoms with Crippen molar-refractivity contribution >= 4 is 0 Å². The van der Waals surface area contributed by atoms with Crippen molar-refractivity contribution in [3.8, 4) is 17.6 Å². The average Bonchev–Trinajstić information content (AvgIpc) is 2.38. The molecular formula is C12H7FN2O2. The Morgan fingerprint density at radius 3 is 2.47 bits per heavy atom. The molecule has 1 aromatic heterocycles. The zero-order chi connectivity index (χ0) is 12.1. The average molecular weight is 230 g/mol. The minimum absolute atomic E-state index is 0.299. The van der Waals surface area contributed by atoms with Gasteiger partial charge < -0.3 is 0 Å². The Morgan fingerprint density at radius 2 is 1.76 bits per heavy atom. The summed E-state index contributed by atoms with van der Waals surface area (Å²) < 4.78 is 12.6. The predicted octanol–water partition coefficient (Wildman–Crippen LogP) is 2.47. The lowest BCUT2D eigenvalue weighted by Gasteiger charge is -2.04. The molecule has 0 fully saturated rings. The van der Waals surface area contributed by atoms with E-state index >= 15 is 0 Å². The van der Waals surface area contributed by atoms with Crippen LogP contribution in [0.5, 0.6) is 11.5 Å². The van der Waals surface area contributed by atoms with Gasteiger partial charge in [0.15, 0.2) is 11.5 Å². The molecule has 0 unspecified atom stereocenters. The van der Waals surface area contributed by atoms with Crippen molar-refractivity contribution in [2.24, 2.45) is 0 Å². The molecule has 0 radical (unpaired) electrons. The normalized spacial score (nSPS) is 9.41. The van der Waals surface area contributed by atoms with Crippen molar-refractivity contribution in [2.75, 3.05) is 0 Å². The molecule has 0 N–H and O–H groups in total. The molecule has 0 atom stereocenters. The zero-order valence-corrected chi connectivity index (χ0v) is 8.63. The molecule has 1 heterocycles. The standard InChI is InChI=1S/C12H7FN2O2/c13-10-1-3-11(4-2-10)16-17-12-5-9(6-14)7-15-8-12/h1-5,7-8H. The molecule has 84 valence electrons. The van der Waals surface area contributed by atoms with E-state index in [1.165, 1.54) is 42.7 Å². The molecule has 0 aliphatic rings. The van der Waals surface area contributed by atoms with Crippen LogP contribution in [0, 0.1) is 17.1 Å². The van der Waals surface area contributed by atoms with Gasteiger partial charge in [-0.3, -0.25) is 14.8 Å². The van der Waals surface area contributed by atoms with Crippen molar-refractivity contribution in [3.05, 3.63) is 54.1 Å². The molecule has 2 aromatic rings. The first-order valence-corrected chi connectivity index (χ1v) is 4.73. The van der Waals surface area contributed by atoms with Crippen LogP contribution in [0.4, 0.5) is 4.39 Å². The first-order chi connectivity index (χ1) is 8.28. The third-order valence-electron chi connectivity index (χ3n) is 1.89. The summed E-state index contributed by atoms with van der Waals surface area (Å²) >= 11 is 0. The lowest BCUT2D eigenvalue weighted by molar-refractivity contribution is -0.100. The van der Waals surface area contributed by atoms with Crippen molar-refractivity contribution in [1.29, 1.82) is 5.26 Å². The van der Waals surface area contributed by atoms with Gasteiger partial charge in [-0.15, -0.1) is 0 Å². The molecule has 4 nitrogen and oxygen atoms in total. The number of nitrogens with zero attached hydrogens (tertiary/aromatic N) is 2. The van der Waals surface area contributed by atoms with E-state index in [0.29, 0.717) is 17.1 Å². The van der Waals surface area contributed by atoms with E-state index in [4.69, 9.17) is 15.0 Å². The topological polar surface area (TPSA) is 55.1 Å². The van der Waals surface area contributed by atoms with Gasteiger partial charge in [0.1, 0.15) is 11.9 Å². The highest BCUT2D eigenvalue weighted by Crippen LogP contribution is 2.15. The summed E-state index contributed by atoms with van der Waals surface area (Å²) in [6.45, 7) is 0. The predicted molar refractivity (Wildman–Crippen MR) is 56.6 cm³/mol. The van der Waals surface area contributed by atoms with Crippen LogP contribution >= 0.6 is 0 Å². The molecule has 0 aliphatic heterocycles. The van der Waals surface area contributed by atoms with E-state index in [9.17, 15) is 4.39 Å². The van der Waals surface area contributed by atoms with Crippen LogP contribution in [0.2, 0.25) is 0 Å². The van der Waals surface area contributed by atoms with E-state index in [2.05, 4.69) is 4.98 Å². The van der Waals surface area contributed by atoms with E-state index in [0.717, 1.165) is 0 Å². The van der Waals surface area contributed by atoms with Gasteiger partial charge in [-0.1, -0.05) is 0 Å². The molecule has 0 saturated heterocycles. The molecule has 2 rings (SSSR count). The summed E-state index contributed by atoms with van der Waals surface area (Å²) in [5.41, 5.74) is 0.366. The van der Waals surface area contributed by atoms with Gasteiger partial charge >= 0.3 is 0 Å². The smallest absolute Gasteiger partial charge is 0.198 e. The van der Waals surface area contributed by atoms with Gasteiger partial charge in [0.2, 0.25) is 0 Å². The molecule has 0 saturated carbocycles. The second-order valence-corrected chi connectivity index (χ2v) is 3.14. The Labute approximate surface area is 96.8 Å². The Balaban J connectivity index is 2.02. The van der Waals surface area contributed by atoms with Gasteiger partial charge in [0, 0.05) is 12.3 Å². The Kier molecular flexibility index (Phi) is 3.17. The first kappa shape index (κ1) is 10.9. The summed E-state index contributed by atoms with van der Waals surface area (Å²) in [5, 5.41) is 8.65. The lowest BCUT2D eigenvalue weighted by Crippen LogP contribution is -2.00. The molecule has 0 aliphatic carbocycles. The fraction of sp³-hybridized carbons (Fsp3) is 0. The Morgan fingerprint density at radius 1 is 1.06 bits per heavy atom. The van der Waals surface area contributed by atoms with Crippen molar-refractivity contribution in [3.63, 3.8) is 0 Å². The van der Waals surface area contributed by atoms with Crippen LogP contribution < -0.4 is 9.78 Å². The van der Waals surface area contributed by atoms with Crippen LogP contribution in [0.3, 0.4) is 0 Å². The maximum absolute atomic E-state index is 12.6. The minimum atomic E-state index is -0.356. The second-order valence-electron chi connectivity index (χ2n) is 3.14. The highest BCUT2D eigenvalue weighted by Gasteiger charge is 2.00. The molecule has 17 heavy (non-hydrogen) atoms.